The second-order valence-electron chi connectivity index (χ2n) is 12.6. The molecule has 5 rings (SSSR count). The fraction of sp³-hybridized carbons (Fsp3) is 0.562. The van der Waals surface area contributed by atoms with Gasteiger partial charge in [-0.1, -0.05) is 53.2 Å². The fourth-order valence-electron chi connectivity index (χ4n) is 6.91. The van der Waals surface area contributed by atoms with E-state index in [1.807, 2.05) is 65.8 Å². The summed E-state index contributed by atoms with van der Waals surface area (Å²) in [5.74, 6) is -0.169. The largest absolute Gasteiger partial charge is 0.390 e. The number of ketones is 2. The maximum absolute atomic E-state index is 14.5. The molecule has 2 aliphatic heterocycles. The number of ether oxygens (including phenoxy) is 2. The zero-order chi connectivity index (χ0) is 27.8. The molecule has 7 atom stereocenters. The van der Waals surface area contributed by atoms with Gasteiger partial charge in [0.25, 0.3) is 0 Å². The second kappa shape index (κ2) is 9.09. The van der Waals surface area contributed by atoms with Crippen molar-refractivity contribution < 1.29 is 29.3 Å². The first kappa shape index (κ1) is 27.2. The molecule has 4 fully saturated rings. The molecule has 2 saturated carbocycles. The van der Waals surface area contributed by atoms with Crippen molar-refractivity contribution in [2.75, 3.05) is 0 Å². The predicted octanol–water partition coefficient (Wildman–Crippen LogP) is 4.78. The number of epoxide rings is 2. The minimum Gasteiger partial charge on any atom is -0.390 e. The third kappa shape index (κ3) is 4.08. The molecule has 0 radical (unpaired) electrons. The van der Waals surface area contributed by atoms with Crippen molar-refractivity contribution in [3.05, 3.63) is 69.9 Å². The normalized spacial score (nSPS) is 42.3. The molecule has 2 saturated heterocycles. The molecule has 1 spiro atoms. The molecule has 6 heteroatoms. The molecule has 3 aliphatic carbocycles. The van der Waals surface area contributed by atoms with E-state index in [9.17, 15) is 19.8 Å². The number of allylic oxidation sites excluding steroid dienone is 8. The Kier molecular flexibility index (Phi) is 6.50. The van der Waals surface area contributed by atoms with Crippen LogP contribution in [-0.4, -0.2) is 57.4 Å². The Hall–Kier alpha value is -2.38. The molecule has 5 aliphatic rings. The molecule has 0 aromatic carbocycles. The number of aliphatic hydroxyl groups is 2. The molecule has 38 heavy (non-hydrogen) atoms. The molecule has 6 nitrogen and oxygen atoms in total. The standard InChI is InChI=1S/C32H40O6/c1-17(2)8-10-31-26(35)22(14-24(33)27(31)37-31)21-13-20(7)15-30(23(21)12-19(5)6)16-25(34)28-32(38-28,29(30)36)11-9-18(3)4/h8-9,12-13,24-25,27-28,33-34H,5,10-11,14-16H2,1-4,6-7H3/b22-21+,23-12?/t24-,25-,27-,28-,30+,31+,32-/m0/s1. The van der Waals surface area contributed by atoms with Gasteiger partial charge in [-0.15, -0.1) is 0 Å². The molecule has 204 valence electrons. The van der Waals surface area contributed by atoms with E-state index in [1.165, 1.54) is 0 Å². The summed E-state index contributed by atoms with van der Waals surface area (Å²) in [5.41, 5.74) is 2.50. The fourth-order valence-corrected chi connectivity index (χ4v) is 6.91. The summed E-state index contributed by atoms with van der Waals surface area (Å²) in [6.45, 7) is 15.8. The van der Waals surface area contributed by atoms with Crippen molar-refractivity contribution in [2.24, 2.45) is 5.41 Å². The number of hydrogen-bond donors (Lipinski definition) is 2. The number of carbonyl (C=O) groups is 2. The molecule has 2 N–H and O–H groups in total. The molecule has 2 heterocycles. The number of fused-ring (bicyclic) bond motifs is 2. The predicted molar refractivity (Wildman–Crippen MR) is 145 cm³/mol. The summed E-state index contributed by atoms with van der Waals surface area (Å²) >= 11 is 0. The van der Waals surface area contributed by atoms with E-state index in [0.29, 0.717) is 36.0 Å². The van der Waals surface area contributed by atoms with Gasteiger partial charge < -0.3 is 19.7 Å². The van der Waals surface area contributed by atoms with Crippen LogP contribution >= 0.6 is 0 Å². The summed E-state index contributed by atoms with van der Waals surface area (Å²) in [7, 11) is 0. The van der Waals surface area contributed by atoms with Gasteiger partial charge in [-0.25, -0.2) is 0 Å². The average Bonchev–Trinajstić information content (AvgIpc) is 3.73. The first-order valence-corrected chi connectivity index (χ1v) is 13.6. The summed E-state index contributed by atoms with van der Waals surface area (Å²) in [6.07, 6.45) is 6.79. The Morgan fingerprint density at radius 1 is 1.00 bits per heavy atom. The number of carbonyl (C=O) groups excluding carboxylic acids is 2. The molecular weight excluding hydrogens is 480 g/mol. The van der Waals surface area contributed by atoms with Crippen molar-refractivity contribution in [3.63, 3.8) is 0 Å². The lowest BCUT2D eigenvalue weighted by Crippen LogP contribution is -2.53. The molecule has 0 aromatic heterocycles. The number of rotatable bonds is 5. The van der Waals surface area contributed by atoms with Crippen LogP contribution in [-0.2, 0) is 19.1 Å². The van der Waals surface area contributed by atoms with E-state index >= 15 is 0 Å². The Balaban J connectivity index is 1.66. The SMILES string of the molecule is C=C(C)C=C1/C(=C2\C[C@H](O)[C@@H]3O[C@]3(CC=C(C)C)C2=O)C=C(C)C[C@@]12C[C@H](O)[C@@H]1O[C@]1(CC=C(C)C)C2=O. The van der Waals surface area contributed by atoms with Gasteiger partial charge >= 0.3 is 0 Å². The van der Waals surface area contributed by atoms with Crippen molar-refractivity contribution >= 4 is 11.6 Å². The van der Waals surface area contributed by atoms with E-state index in [-0.39, 0.29) is 24.4 Å². The minimum absolute atomic E-state index is 0.0422. The van der Waals surface area contributed by atoms with Gasteiger partial charge in [0, 0.05) is 24.8 Å². The Morgan fingerprint density at radius 3 is 2.18 bits per heavy atom. The van der Waals surface area contributed by atoms with Gasteiger partial charge in [0.2, 0.25) is 0 Å². The van der Waals surface area contributed by atoms with E-state index in [1.54, 1.807) is 0 Å². The van der Waals surface area contributed by atoms with Gasteiger partial charge in [0.15, 0.2) is 22.8 Å². The van der Waals surface area contributed by atoms with Crippen LogP contribution < -0.4 is 0 Å². The minimum atomic E-state index is -1.07. The van der Waals surface area contributed by atoms with Crippen LogP contribution in [0.5, 0.6) is 0 Å². The number of hydrogen-bond acceptors (Lipinski definition) is 6. The number of Topliss-reactive ketones (excluding diaryl/α,β-unsaturated/α-hetero) is 2. The highest BCUT2D eigenvalue weighted by molar-refractivity contribution is 6.08. The van der Waals surface area contributed by atoms with Crippen LogP contribution in [0.15, 0.2) is 69.9 Å². The van der Waals surface area contributed by atoms with Crippen LogP contribution in [0.3, 0.4) is 0 Å². The van der Waals surface area contributed by atoms with E-state index in [0.717, 1.165) is 22.3 Å². The lowest BCUT2D eigenvalue weighted by atomic mass is 9.56. The molecule has 0 aromatic rings. The average molecular weight is 521 g/mol. The van der Waals surface area contributed by atoms with Crippen molar-refractivity contribution in [2.45, 2.75) is 109 Å². The van der Waals surface area contributed by atoms with Crippen molar-refractivity contribution in [1.82, 2.24) is 0 Å². The van der Waals surface area contributed by atoms with Crippen LogP contribution in [0, 0.1) is 5.41 Å². The molecular formula is C32H40O6. The van der Waals surface area contributed by atoms with Gasteiger partial charge in [-0.2, -0.15) is 0 Å². The highest BCUT2D eigenvalue weighted by Gasteiger charge is 2.74. The van der Waals surface area contributed by atoms with E-state index in [4.69, 9.17) is 9.47 Å². The Bertz CT molecular complexity index is 1270. The first-order chi connectivity index (χ1) is 17.8. The zero-order valence-corrected chi connectivity index (χ0v) is 23.4. The Labute approximate surface area is 225 Å². The highest BCUT2D eigenvalue weighted by atomic mass is 16.6. The lowest BCUT2D eigenvalue weighted by molar-refractivity contribution is -0.135. The monoisotopic (exact) mass is 520 g/mol. The molecule has 0 bridgehead atoms. The van der Waals surface area contributed by atoms with Crippen molar-refractivity contribution in [3.8, 4) is 0 Å². The van der Waals surface area contributed by atoms with Crippen LogP contribution in [0.2, 0.25) is 0 Å². The summed E-state index contributed by atoms with van der Waals surface area (Å²) in [5, 5.41) is 22.2. The summed E-state index contributed by atoms with van der Waals surface area (Å²) in [4.78, 5) is 28.5. The van der Waals surface area contributed by atoms with Gasteiger partial charge in [0.1, 0.15) is 12.2 Å². The Morgan fingerprint density at radius 2 is 1.58 bits per heavy atom. The van der Waals surface area contributed by atoms with Gasteiger partial charge in [-0.05, 0) is 65.5 Å². The number of aliphatic hydroxyl groups excluding tert-OH is 2. The second-order valence-corrected chi connectivity index (χ2v) is 12.6. The van der Waals surface area contributed by atoms with E-state index in [2.05, 4.69) is 6.58 Å². The quantitative estimate of drug-likeness (QED) is 0.308. The van der Waals surface area contributed by atoms with Gasteiger partial charge in [0.05, 0.1) is 17.6 Å². The summed E-state index contributed by atoms with van der Waals surface area (Å²) in [6, 6.07) is 0. The third-order valence-electron chi connectivity index (χ3n) is 8.75. The van der Waals surface area contributed by atoms with Gasteiger partial charge in [-0.3, -0.25) is 9.59 Å². The highest BCUT2D eigenvalue weighted by Crippen LogP contribution is 2.62. The summed E-state index contributed by atoms with van der Waals surface area (Å²) < 4.78 is 11.9. The first-order valence-electron chi connectivity index (χ1n) is 13.6. The topological polar surface area (TPSA) is 99.7 Å². The van der Waals surface area contributed by atoms with Crippen LogP contribution in [0.1, 0.15) is 73.6 Å². The molecule has 0 amide bonds. The maximum atomic E-state index is 14.5. The lowest BCUT2D eigenvalue weighted by Gasteiger charge is -2.45. The van der Waals surface area contributed by atoms with Crippen LogP contribution in [0.4, 0.5) is 0 Å². The third-order valence-corrected chi connectivity index (χ3v) is 8.75. The van der Waals surface area contributed by atoms with E-state index < -0.39 is 41.0 Å². The zero-order valence-electron chi connectivity index (χ0n) is 23.4. The van der Waals surface area contributed by atoms with Crippen molar-refractivity contribution in [1.29, 1.82) is 0 Å². The smallest absolute Gasteiger partial charge is 0.194 e. The molecule has 0 unspecified atom stereocenters. The maximum Gasteiger partial charge on any atom is 0.194 e. The van der Waals surface area contributed by atoms with Crippen LogP contribution in [0.25, 0.3) is 0 Å².